The molecule has 0 bridgehead atoms. The first-order chi connectivity index (χ1) is 16.2. The van der Waals surface area contributed by atoms with Crippen LogP contribution in [0.2, 0.25) is 0 Å². The lowest BCUT2D eigenvalue weighted by molar-refractivity contribution is -0.115. The minimum absolute atomic E-state index is 0.0303. The van der Waals surface area contributed by atoms with Gasteiger partial charge in [-0.15, -0.1) is 0 Å². The number of benzene rings is 2. The number of hydrogen-bond acceptors (Lipinski definition) is 6. The van der Waals surface area contributed by atoms with Gasteiger partial charge in [0.2, 0.25) is 11.8 Å². The third kappa shape index (κ3) is 4.54. The molecule has 5 N–H and O–H groups in total. The normalized spacial score (nSPS) is 11.1. The topological polar surface area (TPSA) is 142 Å². The van der Waals surface area contributed by atoms with Crippen LogP contribution in [0.4, 0.5) is 11.7 Å². The van der Waals surface area contributed by atoms with Crippen molar-refractivity contribution in [1.29, 1.82) is 0 Å². The molecule has 2 aromatic carbocycles. The van der Waals surface area contributed by atoms with Crippen molar-refractivity contribution in [2.75, 3.05) is 11.1 Å². The van der Waals surface area contributed by atoms with E-state index < -0.39 is 5.91 Å². The van der Waals surface area contributed by atoms with Gasteiger partial charge in [0.05, 0.1) is 6.42 Å². The summed E-state index contributed by atoms with van der Waals surface area (Å²) in [4.78, 5) is 24.5. The van der Waals surface area contributed by atoms with Crippen LogP contribution < -0.4 is 16.8 Å². The van der Waals surface area contributed by atoms with Crippen LogP contribution in [0.5, 0.6) is 0 Å². The van der Waals surface area contributed by atoms with Crippen molar-refractivity contribution in [3.63, 3.8) is 0 Å². The lowest BCUT2D eigenvalue weighted by Crippen LogP contribution is -2.15. The second-order valence-electron chi connectivity index (χ2n) is 8.32. The summed E-state index contributed by atoms with van der Waals surface area (Å²) in [6.45, 7) is 5.82. The van der Waals surface area contributed by atoms with E-state index in [0.29, 0.717) is 17.0 Å². The van der Waals surface area contributed by atoms with E-state index in [1.807, 2.05) is 45.0 Å². The van der Waals surface area contributed by atoms with Gasteiger partial charge in [0.25, 0.3) is 5.91 Å². The van der Waals surface area contributed by atoms with E-state index in [1.54, 1.807) is 35.0 Å². The number of aryl methyl sites for hydroxylation is 1. The van der Waals surface area contributed by atoms with Gasteiger partial charge in [-0.2, -0.15) is 5.10 Å². The number of hydrogen-bond donors (Lipinski definition) is 3. The Labute approximate surface area is 196 Å². The molecule has 0 aliphatic carbocycles. The van der Waals surface area contributed by atoms with E-state index >= 15 is 0 Å². The number of nitrogen functional groups attached to an aromatic ring is 1. The van der Waals surface area contributed by atoms with Gasteiger partial charge in [0, 0.05) is 23.2 Å². The minimum Gasteiger partial charge on any atom is -0.383 e. The van der Waals surface area contributed by atoms with Gasteiger partial charge in [0.15, 0.2) is 0 Å². The molecule has 4 rings (SSSR count). The van der Waals surface area contributed by atoms with E-state index in [1.165, 1.54) is 0 Å². The predicted molar refractivity (Wildman–Crippen MR) is 130 cm³/mol. The van der Waals surface area contributed by atoms with Crippen molar-refractivity contribution in [3.8, 4) is 22.5 Å². The van der Waals surface area contributed by atoms with Crippen LogP contribution in [0.25, 0.3) is 22.5 Å². The first-order valence-electron chi connectivity index (χ1n) is 10.8. The largest absolute Gasteiger partial charge is 0.383 e. The summed E-state index contributed by atoms with van der Waals surface area (Å²) < 4.78 is 6.85. The molecule has 0 fully saturated rings. The molecular weight excluding hydrogens is 432 g/mol. The van der Waals surface area contributed by atoms with Crippen LogP contribution in [-0.4, -0.2) is 26.8 Å². The van der Waals surface area contributed by atoms with Gasteiger partial charge in [-0.05, 0) is 31.9 Å². The summed E-state index contributed by atoms with van der Waals surface area (Å²) in [6.07, 6.45) is 0.131. The standard InChI is InChI=1S/C25H26N6O3/c1-14(2)31-24(26)22(25(27)33)23(29-31)17-10-8-16(9-11-17)12-20(32)28-21-13-19(30-34-21)18-7-5-4-6-15(18)3/h4-11,13-14H,12,26H2,1-3H3,(H2,27,33)(H,28,32). The summed E-state index contributed by atoms with van der Waals surface area (Å²) in [7, 11) is 0. The SMILES string of the molecule is Cc1ccccc1-c1cc(NC(=O)Cc2ccc(-c3nn(C(C)C)c(N)c3C(N)=O)cc2)on1. The summed E-state index contributed by atoms with van der Waals surface area (Å²) >= 11 is 0. The van der Waals surface area contributed by atoms with Crippen LogP contribution >= 0.6 is 0 Å². The molecule has 0 saturated carbocycles. The summed E-state index contributed by atoms with van der Waals surface area (Å²) in [5, 5.41) is 11.3. The fourth-order valence-electron chi connectivity index (χ4n) is 3.75. The van der Waals surface area contributed by atoms with E-state index in [2.05, 4.69) is 15.6 Å². The van der Waals surface area contributed by atoms with Crippen molar-refractivity contribution in [1.82, 2.24) is 14.9 Å². The predicted octanol–water partition coefficient (Wildman–Crippen LogP) is 3.96. The lowest BCUT2D eigenvalue weighted by atomic mass is 10.0. The molecule has 4 aromatic rings. The van der Waals surface area contributed by atoms with E-state index in [9.17, 15) is 9.59 Å². The molecular formula is C25H26N6O3. The number of rotatable bonds is 7. The van der Waals surface area contributed by atoms with Gasteiger partial charge in [-0.25, -0.2) is 4.68 Å². The smallest absolute Gasteiger partial charge is 0.254 e. The second-order valence-corrected chi connectivity index (χ2v) is 8.32. The van der Waals surface area contributed by atoms with Crippen molar-refractivity contribution < 1.29 is 14.1 Å². The summed E-state index contributed by atoms with van der Waals surface area (Å²) in [5.74, 6) is -0.370. The molecule has 0 atom stereocenters. The highest BCUT2D eigenvalue weighted by Crippen LogP contribution is 2.29. The monoisotopic (exact) mass is 458 g/mol. The maximum atomic E-state index is 12.5. The first-order valence-corrected chi connectivity index (χ1v) is 10.8. The fourth-order valence-corrected chi connectivity index (χ4v) is 3.75. The zero-order chi connectivity index (χ0) is 24.4. The highest BCUT2D eigenvalue weighted by molar-refractivity contribution is 6.03. The third-order valence-corrected chi connectivity index (χ3v) is 5.47. The number of nitrogens with one attached hydrogen (secondary N) is 1. The summed E-state index contributed by atoms with van der Waals surface area (Å²) in [6, 6.07) is 16.6. The summed E-state index contributed by atoms with van der Waals surface area (Å²) in [5.41, 5.74) is 16.4. The molecule has 2 aromatic heterocycles. The molecule has 0 unspecified atom stereocenters. The Hall–Kier alpha value is -4.40. The molecule has 0 aliphatic heterocycles. The number of nitrogens with two attached hydrogens (primary N) is 2. The van der Waals surface area contributed by atoms with Gasteiger partial charge < -0.3 is 16.0 Å². The van der Waals surface area contributed by atoms with E-state index in [0.717, 1.165) is 16.7 Å². The van der Waals surface area contributed by atoms with Crippen molar-refractivity contribution >= 4 is 23.5 Å². The average Bonchev–Trinajstić information content (AvgIpc) is 3.39. The van der Waals surface area contributed by atoms with E-state index in [-0.39, 0.29) is 35.6 Å². The molecule has 0 aliphatic rings. The Morgan fingerprint density at radius 1 is 1.12 bits per heavy atom. The number of primary amides is 1. The second kappa shape index (κ2) is 9.22. The van der Waals surface area contributed by atoms with Crippen LogP contribution in [0, 0.1) is 6.92 Å². The first kappa shape index (κ1) is 22.8. The lowest BCUT2D eigenvalue weighted by Gasteiger charge is -2.07. The average molecular weight is 459 g/mol. The fraction of sp³-hybridized carbons (Fsp3) is 0.200. The molecule has 0 saturated heterocycles. The molecule has 0 radical (unpaired) electrons. The number of carbonyl (C=O) groups is 2. The van der Waals surface area contributed by atoms with Gasteiger partial charge in [0.1, 0.15) is 22.8 Å². The molecule has 9 nitrogen and oxygen atoms in total. The number of aromatic nitrogens is 3. The Morgan fingerprint density at radius 2 is 1.82 bits per heavy atom. The Morgan fingerprint density at radius 3 is 2.47 bits per heavy atom. The molecule has 174 valence electrons. The molecule has 9 heteroatoms. The maximum Gasteiger partial charge on any atom is 0.254 e. The van der Waals surface area contributed by atoms with Crippen LogP contribution in [0.15, 0.2) is 59.1 Å². The maximum absolute atomic E-state index is 12.5. The number of anilines is 2. The van der Waals surface area contributed by atoms with Crippen LogP contribution in [0.1, 0.15) is 41.4 Å². The van der Waals surface area contributed by atoms with Crippen LogP contribution in [-0.2, 0) is 11.2 Å². The van der Waals surface area contributed by atoms with Crippen molar-refractivity contribution in [2.45, 2.75) is 33.2 Å². The number of carbonyl (C=O) groups excluding carboxylic acids is 2. The highest BCUT2D eigenvalue weighted by Gasteiger charge is 2.22. The molecule has 0 spiro atoms. The quantitative estimate of drug-likeness (QED) is 0.383. The van der Waals surface area contributed by atoms with Crippen molar-refractivity contribution in [2.24, 2.45) is 5.73 Å². The molecule has 2 amide bonds. The molecule has 34 heavy (non-hydrogen) atoms. The Kier molecular flexibility index (Phi) is 6.18. The van der Waals surface area contributed by atoms with Gasteiger partial charge >= 0.3 is 0 Å². The van der Waals surface area contributed by atoms with Crippen LogP contribution in [0.3, 0.4) is 0 Å². The van der Waals surface area contributed by atoms with E-state index in [4.69, 9.17) is 16.0 Å². The Balaban J connectivity index is 1.47. The zero-order valence-electron chi connectivity index (χ0n) is 19.2. The number of nitrogens with zero attached hydrogens (tertiary/aromatic N) is 3. The van der Waals surface area contributed by atoms with Crippen molar-refractivity contribution in [3.05, 3.63) is 71.3 Å². The Bertz CT molecular complexity index is 1350. The van der Waals surface area contributed by atoms with Gasteiger partial charge in [-0.3, -0.25) is 14.9 Å². The third-order valence-electron chi connectivity index (χ3n) is 5.47. The highest BCUT2D eigenvalue weighted by atomic mass is 16.5. The number of amides is 2. The molecule has 2 heterocycles. The minimum atomic E-state index is -0.639. The van der Waals surface area contributed by atoms with Gasteiger partial charge in [-0.1, -0.05) is 53.7 Å². The zero-order valence-corrected chi connectivity index (χ0v) is 19.2.